The fourth-order valence-corrected chi connectivity index (χ4v) is 1.26. The summed E-state index contributed by atoms with van der Waals surface area (Å²) in [6.07, 6.45) is 1.04. The Morgan fingerprint density at radius 2 is 2.50 bits per heavy atom. The van der Waals surface area contributed by atoms with Crippen molar-refractivity contribution in [1.29, 1.82) is 0 Å². The fourth-order valence-electron chi connectivity index (χ4n) is 1.26. The zero-order valence-electron chi connectivity index (χ0n) is 7.51. The summed E-state index contributed by atoms with van der Waals surface area (Å²) in [6, 6.07) is 0. The molecule has 4 heteroatoms. The molecule has 0 radical (unpaired) electrons. The van der Waals surface area contributed by atoms with Gasteiger partial charge < -0.3 is 15.0 Å². The lowest BCUT2D eigenvalue weighted by Crippen LogP contribution is -2.36. The highest BCUT2D eigenvalue weighted by Gasteiger charge is 2.14. The van der Waals surface area contributed by atoms with Crippen molar-refractivity contribution in [2.24, 2.45) is 0 Å². The number of hydrogen-bond donors (Lipinski definition) is 1. The van der Waals surface area contributed by atoms with E-state index >= 15 is 0 Å². The summed E-state index contributed by atoms with van der Waals surface area (Å²) in [5.41, 5.74) is 0. The molecule has 0 aromatic heterocycles. The number of nitrogens with zero attached hydrogens (tertiary/aromatic N) is 1. The average molecular weight is 172 g/mol. The van der Waals surface area contributed by atoms with Crippen LogP contribution in [-0.4, -0.2) is 50.7 Å². The molecule has 70 valence electrons. The van der Waals surface area contributed by atoms with Crippen LogP contribution in [0, 0.1) is 0 Å². The Kier molecular flexibility index (Phi) is 4.04. The zero-order valence-corrected chi connectivity index (χ0v) is 7.51. The van der Waals surface area contributed by atoms with Gasteiger partial charge in [0.1, 0.15) is 0 Å². The first-order valence-corrected chi connectivity index (χ1v) is 4.32. The third-order valence-electron chi connectivity index (χ3n) is 1.98. The minimum Gasteiger partial charge on any atom is -0.383 e. The molecule has 12 heavy (non-hydrogen) atoms. The number of hydrogen-bond acceptors (Lipinski definition) is 3. The quantitative estimate of drug-likeness (QED) is 0.621. The maximum absolute atomic E-state index is 11.3. The van der Waals surface area contributed by atoms with Crippen molar-refractivity contribution in [2.45, 2.75) is 6.42 Å². The minimum absolute atomic E-state index is 0.185. The molecule has 1 saturated heterocycles. The fraction of sp³-hybridized carbons (Fsp3) is 0.875. The van der Waals surface area contributed by atoms with E-state index in [4.69, 9.17) is 4.74 Å². The summed E-state index contributed by atoms with van der Waals surface area (Å²) >= 11 is 0. The Labute approximate surface area is 72.9 Å². The lowest BCUT2D eigenvalue weighted by atomic mass is 10.4. The Balaban J connectivity index is 2.31. The molecule has 1 heterocycles. The highest BCUT2D eigenvalue weighted by atomic mass is 16.5. The average Bonchev–Trinajstić information content (AvgIpc) is 2.27. The van der Waals surface area contributed by atoms with Gasteiger partial charge in [-0.15, -0.1) is 0 Å². The molecule has 1 fully saturated rings. The topological polar surface area (TPSA) is 41.6 Å². The summed E-state index contributed by atoms with van der Waals surface area (Å²) < 4.78 is 4.92. The van der Waals surface area contributed by atoms with E-state index in [-0.39, 0.29) is 5.91 Å². The molecule has 0 unspecified atom stereocenters. The number of amides is 1. The maximum Gasteiger partial charge on any atom is 0.236 e. The molecule has 0 atom stereocenters. The molecule has 0 spiro atoms. The molecule has 1 aliphatic rings. The number of methoxy groups -OCH3 is 1. The van der Waals surface area contributed by atoms with Gasteiger partial charge in [0, 0.05) is 20.2 Å². The second-order valence-electron chi connectivity index (χ2n) is 2.90. The monoisotopic (exact) mass is 172 g/mol. The summed E-state index contributed by atoms with van der Waals surface area (Å²) in [7, 11) is 1.65. The van der Waals surface area contributed by atoms with Crippen LogP contribution in [0.15, 0.2) is 0 Å². The zero-order chi connectivity index (χ0) is 8.81. The number of carbonyl (C=O) groups excluding carboxylic acids is 1. The number of nitrogens with one attached hydrogen (secondary N) is 1. The van der Waals surface area contributed by atoms with Gasteiger partial charge in [-0.25, -0.2) is 0 Å². The molecular weight excluding hydrogens is 156 g/mol. The number of carbonyl (C=O) groups is 1. The molecule has 1 amide bonds. The summed E-state index contributed by atoms with van der Waals surface area (Å²) in [4.78, 5) is 13.2. The third-order valence-corrected chi connectivity index (χ3v) is 1.98. The van der Waals surface area contributed by atoms with Crippen LogP contribution in [0.4, 0.5) is 0 Å². The van der Waals surface area contributed by atoms with Gasteiger partial charge in [0.05, 0.1) is 13.2 Å². The van der Waals surface area contributed by atoms with E-state index in [1.807, 2.05) is 4.90 Å². The van der Waals surface area contributed by atoms with Crippen LogP contribution in [0.3, 0.4) is 0 Å². The first-order chi connectivity index (χ1) is 5.84. The van der Waals surface area contributed by atoms with E-state index in [1.54, 1.807) is 7.11 Å². The predicted octanol–water partition coefficient (Wildman–Crippen LogP) is -0.545. The molecule has 0 aromatic carbocycles. The van der Waals surface area contributed by atoms with E-state index in [0.29, 0.717) is 13.2 Å². The van der Waals surface area contributed by atoms with Gasteiger partial charge in [0.15, 0.2) is 0 Å². The van der Waals surface area contributed by atoms with Gasteiger partial charge in [-0.05, 0) is 13.0 Å². The molecule has 4 nitrogen and oxygen atoms in total. The van der Waals surface area contributed by atoms with E-state index in [9.17, 15) is 4.79 Å². The van der Waals surface area contributed by atoms with E-state index in [1.165, 1.54) is 0 Å². The Morgan fingerprint density at radius 1 is 1.67 bits per heavy atom. The Bertz CT molecular complexity index is 150. The molecule has 0 saturated carbocycles. The summed E-state index contributed by atoms with van der Waals surface area (Å²) in [5.74, 6) is 0.185. The van der Waals surface area contributed by atoms with Gasteiger partial charge in [0.2, 0.25) is 5.91 Å². The predicted molar refractivity (Wildman–Crippen MR) is 45.9 cm³/mol. The summed E-state index contributed by atoms with van der Waals surface area (Å²) in [5, 5.41) is 3.07. The van der Waals surface area contributed by atoms with Crippen LogP contribution in [0.2, 0.25) is 0 Å². The van der Waals surface area contributed by atoms with Gasteiger partial charge >= 0.3 is 0 Å². The molecule has 0 aliphatic carbocycles. The molecule has 1 rings (SSSR count). The highest BCUT2D eigenvalue weighted by Crippen LogP contribution is 1.96. The van der Waals surface area contributed by atoms with Gasteiger partial charge in [-0.3, -0.25) is 4.79 Å². The second kappa shape index (κ2) is 5.11. The van der Waals surface area contributed by atoms with Crippen molar-refractivity contribution in [1.82, 2.24) is 10.2 Å². The first kappa shape index (κ1) is 9.48. The van der Waals surface area contributed by atoms with Crippen LogP contribution >= 0.6 is 0 Å². The number of ether oxygens (including phenoxy) is 1. The van der Waals surface area contributed by atoms with E-state index in [2.05, 4.69) is 5.32 Å². The lowest BCUT2D eigenvalue weighted by Gasteiger charge is -2.19. The van der Waals surface area contributed by atoms with Crippen molar-refractivity contribution in [3.05, 3.63) is 0 Å². The standard InChI is InChI=1S/C8H16N2O2/c1-12-6-5-10-4-2-3-9-7-8(10)11/h9H,2-7H2,1H3. The van der Waals surface area contributed by atoms with Crippen molar-refractivity contribution >= 4 is 5.91 Å². The molecule has 0 aromatic rings. The Morgan fingerprint density at radius 3 is 3.25 bits per heavy atom. The third kappa shape index (κ3) is 2.79. The van der Waals surface area contributed by atoms with Crippen molar-refractivity contribution in [3.8, 4) is 0 Å². The maximum atomic E-state index is 11.3. The molecule has 1 aliphatic heterocycles. The summed E-state index contributed by atoms with van der Waals surface area (Å²) in [6.45, 7) is 3.62. The van der Waals surface area contributed by atoms with Crippen LogP contribution in [0.1, 0.15) is 6.42 Å². The van der Waals surface area contributed by atoms with Crippen LogP contribution in [0.5, 0.6) is 0 Å². The van der Waals surface area contributed by atoms with E-state index in [0.717, 1.165) is 26.1 Å². The Hall–Kier alpha value is -0.610. The molecular formula is C8H16N2O2. The molecule has 0 bridgehead atoms. The van der Waals surface area contributed by atoms with Crippen LogP contribution < -0.4 is 5.32 Å². The SMILES string of the molecule is COCCN1CCCNCC1=O. The van der Waals surface area contributed by atoms with Crippen molar-refractivity contribution in [3.63, 3.8) is 0 Å². The highest BCUT2D eigenvalue weighted by molar-refractivity contribution is 5.78. The van der Waals surface area contributed by atoms with Crippen molar-refractivity contribution < 1.29 is 9.53 Å². The number of rotatable bonds is 3. The van der Waals surface area contributed by atoms with Gasteiger partial charge in [0.25, 0.3) is 0 Å². The smallest absolute Gasteiger partial charge is 0.236 e. The van der Waals surface area contributed by atoms with E-state index < -0.39 is 0 Å². The van der Waals surface area contributed by atoms with Crippen molar-refractivity contribution in [2.75, 3.05) is 39.9 Å². The van der Waals surface area contributed by atoms with Crippen LogP contribution in [0.25, 0.3) is 0 Å². The first-order valence-electron chi connectivity index (χ1n) is 4.32. The second-order valence-corrected chi connectivity index (χ2v) is 2.90. The largest absolute Gasteiger partial charge is 0.383 e. The van der Waals surface area contributed by atoms with Crippen LogP contribution in [-0.2, 0) is 9.53 Å². The normalized spacial score (nSPS) is 19.4. The lowest BCUT2D eigenvalue weighted by molar-refractivity contribution is -0.130. The van der Waals surface area contributed by atoms with Gasteiger partial charge in [-0.2, -0.15) is 0 Å². The molecule has 1 N–H and O–H groups in total. The minimum atomic E-state index is 0.185. The van der Waals surface area contributed by atoms with Gasteiger partial charge in [-0.1, -0.05) is 0 Å².